The van der Waals surface area contributed by atoms with Crippen molar-refractivity contribution < 1.29 is 22.8 Å². The molecule has 1 unspecified atom stereocenters. The fraction of sp³-hybridized carbons (Fsp3) is 0.120. The van der Waals surface area contributed by atoms with E-state index in [0.29, 0.717) is 22.0 Å². The quantitative estimate of drug-likeness (QED) is 0.213. The van der Waals surface area contributed by atoms with E-state index in [1.54, 1.807) is 43.3 Å². The number of carbonyl (C=O) groups excluding carboxylic acids is 1. The Balaban J connectivity index is 1.55. The number of Topliss-reactive ketones (excluding diaryl/α,β-unsaturated/α-hetero) is 1. The fourth-order valence-electron chi connectivity index (χ4n) is 3.47. The summed E-state index contributed by atoms with van der Waals surface area (Å²) in [5.74, 6) is 0.481. The maximum absolute atomic E-state index is 13.0. The summed E-state index contributed by atoms with van der Waals surface area (Å²) in [6.07, 6.45) is 0.0653. The van der Waals surface area contributed by atoms with Crippen LogP contribution in [0.5, 0.6) is 5.75 Å². The van der Waals surface area contributed by atoms with Crippen molar-refractivity contribution in [1.82, 2.24) is 5.16 Å². The van der Waals surface area contributed by atoms with E-state index < -0.39 is 16.1 Å². The van der Waals surface area contributed by atoms with Crippen LogP contribution >= 0.6 is 23.2 Å². The zero-order valence-corrected chi connectivity index (χ0v) is 21.2. The van der Waals surface area contributed by atoms with Gasteiger partial charge in [0.15, 0.2) is 11.6 Å². The normalized spacial score (nSPS) is 12.2. The molecule has 0 bridgehead atoms. The number of benzene rings is 3. The topological polar surface area (TPSA) is 122 Å². The van der Waals surface area contributed by atoms with E-state index >= 15 is 0 Å². The number of ketones is 1. The molecule has 1 atom stereocenters. The van der Waals surface area contributed by atoms with Crippen LogP contribution in [0.3, 0.4) is 0 Å². The third-order valence-electron chi connectivity index (χ3n) is 5.30. The standard InChI is InChI=1S/C25H21Cl2N3O5S/c1-15-12-25(29-35-15)30-36(33,34)20-9-5-18(6-10-20)28-23(16-2-7-19(31)8-3-16)14-24(32)17-4-11-21(26)22(27)13-17/h2-13,23,28,31H,14H2,1H3,(H,29,30). The highest BCUT2D eigenvalue weighted by molar-refractivity contribution is 7.92. The second-order valence-corrected chi connectivity index (χ2v) is 10.5. The smallest absolute Gasteiger partial charge is 0.263 e. The number of aryl methyl sites for hydroxylation is 1. The van der Waals surface area contributed by atoms with Gasteiger partial charge in [-0.3, -0.25) is 9.52 Å². The van der Waals surface area contributed by atoms with Crippen LogP contribution in [0.25, 0.3) is 0 Å². The van der Waals surface area contributed by atoms with Gasteiger partial charge in [0.1, 0.15) is 11.5 Å². The summed E-state index contributed by atoms with van der Waals surface area (Å²) in [5, 5.41) is 17.2. The van der Waals surface area contributed by atoms with Gasteiger partial charge in [0, 0.05) is 23.7 Å². The van der Waals surface area contributed by atoms with Gasteiger partial charge in [0.05, 0.1) is 21.0 Å². The van der Waals surface area contributed by atoms with Gasteiger partial charge < -0.3 is 14.9 Å². The van der Waals surface area contributed by atoms with Gasteiger partial charge in [-0.25, -0.2) is 8.42 Å². The molecule has 1 heterocycles. The van der Waals surface area contributed by atoms with Crippen LogP contribution in [-0.2, 0) is 10.0 Å². The van der Waals surface area contributed by atoms with Crippen molar-refractivity contribution >= 4 is 50.5 Å². The number of rotatable bonds is 9. The minimum absolute atomic E-state index is 0.0294. The minimum Gasteiger partial charge on any atom is -0.508 e. The number of carbonyl (C=O) groups is 1. The van der Waals surface area contributed by atoms with E-state index in [1.807, 2.05) is 0 Å². The molecule has 0 fully saturated rings. The highest BCUT2D eigenvalue weighted by atomic mass is 35.5. The molecule has 0 aliphatic carbocycles. The second-order valence-electron chi connectivity index (χ2n) is 8.00. The lowest BCUT2D eigenvalue weighted by atomic mass is 9.97. The summed E-state index contributed by atoms with van der Waals surface area (Å²) in [6.45, 7) is 1.65. The number of halogens is 2. The van der Waals surface area contributed by atoms with E-state index in [9.17, 15) is 18.3 Å². The summed E-state index contributed by atoms with van der Waals surface area (Å²) in [4.78, 5) is 13.0. The first-order valence-electron chi connectivity index (χ1n) is 10.7. The number of hydrogen-bond acceptors (Lipinski definition) is 7. The van der Waals surface area contributed by atoms with Gasteiger partial charge in [-0.15, -0.1) is 0 Å². The Hall–Kier alpha value is -3.53. The van der Waals surface area contributed by atoms with E-state index in [1.165, 1.54) is 36.4 Å². The van der Waals surface area contributed by atoms with Crippen LogP contribution in [-0.4, -0.2) is 24.5 Å². The molecule has 4 aromatic rings. The lowest BCUT2D eigenvalue weighted by Crippen LogP contribution is -2.16. The van der Waals surface area contributed by atoms with Crippen LogP contribution in [0.1, 0.15) is 34.1 Å². The highest BCUT2D eigenvalue weighted by Crippen LogP contribution is 2.29. The first kappa shape index (κ1) is 25.6. The number of hydrogen-bond donors (Lipinski definition) is 3. The van der Waals surface area contributed by atoms with Crippen LogP contribution in [0.4, 0.5) is 11.5 Å². The third-order valence-corrected chi connectivity index (χ3v) is 7.41. The summed E-state index contributed by atoms with van der Waals surface area (Å²) in [7, 11) is -3.87. The Morgan fingerprint density at radius 1 is 1.00 bits per heavy atom. The minimum atomic E-state index is -3.87. The molecule has 3 N–H and O–H groups in total. The maximum Gasteiger partial charge on any atom is 0.263 e. The van der Waals surface area contributed by atoms with Crippen molar-refractivity contribution in [1.29, 1.82) is 0 Å². The Kier molecular flexibility index (Phi) is 7.53. The molecule has 0 aliphatic rings. The van der Waals surface area contributed by atoms with Crippen molar-refractivity contribution in [3.8, 4) is 5.75 Å². The first-order valence-corrected chi connectivity index (χ1v) is 12.9. The molecule has 0 aliphatic heterocycles. The largest absolute Gasteiger partial charge is 0.508 e. The number of sulfonamides is 1. The molecule has 186 valence electrons. The molecule has 1 aromatic heterocycles. The summed E-state index contributed by atoms with van der Waals surface area (Å²) >= 11 is 12.0. The molecular formula is C25H21Cl2N3O5S. The number of phenols is 1. The lowest BCUT2D eigenvalue weighted by Gasteiger charge is -2.20. The van der Waals surface area contributed by atoms with E-state index in [0.717, 1.165) is 5.56 Å². The SMILES string of the molecule is Cc1cc(NS(=O)(=O)c2ccc(NC(CC(=O)c3ccc(Cl)c(Cl)c3)c3ccc(O)cc3)cc2)no1. The van der Waals surface area contributed by atoms with Gasteiger partial charge in [0.2, 0.25) is 0 Å². The van der Waals surface area contributed by atoms with Gasteiger partial charge >= 0.3 is 0 Å². The van der Waals surface area contributed by atoms with Gasteiger partial charge in [-0.05, 0) is 67.1 Å². The molecule has 0 saturated carbocycles. The monoisotopic (exact) mass is 545 g/mol. The average molecular weight is 546 g/mol. The van der Waals surface area contributed by atoms with Crippen LogP contribution in [0.2, 0.25) is 10.0 Å². The van der Waals surface area contributed by atoms with Crippen LogP contribution in [0.15, 0.2) is 82.2 Å². The van der Waals surface area contributed by atoms with E-state index in [4.69, 9.17) is 27.7 Å². The zero-order valence-electron chi connectivity index (χ0n) is 18.9. The summed E-state index contributed by atoms with van der Waals surface area (Å²) < 4.78 is 32.5. The number of phenolic OH excluding ortho intramolecular Hbond substituents is 1. The van der Waals surface area contributed by atoms with Crippen molar-refractivity contribution in [3.05, 3.63) is 99.7 Å². The highest BCUT2D eigenvalue weighted by Gasteiger charge is 2.20. The van der Waals surface area contributed by atoms with Crippen LogP contribution in [0, 0.1) is 6.92 Å². The summed E-state index contributed by atoms with van der Waals surface area (Å²) in [5.41, 5.74) is 1.75. The molecule has 0 saturated heterocycles. The molecule has 0 radical (unpaired) electrons. The summed E-state index contributed by atoms with van der Waals surface area (Å²) in [6, 6.07) is 18.2. The number of aromatic hydroxyl groups is 1. The average Bonchev–Trinajstić information content (AvgIpc) is 3.25. The molecule has 36 heavy (non-hydrogen) atoms. The predicted molar refractivity (Wildman–Crippen MR) is 138 cm³/mol. The molecular weight excluding hydrogens is 525 g/mol. The van der Waals surface area contributed by atoms with E-state index in [-0.39, 0.29) is 33.7 Å². The molecule has 3 aromatic carbocycles. The molecule has 0 amide bonds. The van der Waals surface area contributed by atoms with Crippen molar-refractivity contribution in [2.75, 3.05) is 10.0 Å². The van der Waals surface area contributed by atoms with Crippen molar-refractivity contribution in [2.45, 2.75) is 24.3 Å². The lowest BCUT2D eigenvalue weighted by molar-refractivity contribution is 0.0976. The number of nitrogens with zero attached hydrogens (tertiary/aromatic N) is 1. The maximum atomic E-state index is 13.0. The van der Waals surface area contributed by atoms with Gasteiger partial charge in [-0.1, -0.05) is 40.5 Å². The molecule has 11 heteroatoms. The van der Waals surface area contributed by atoms with Gasteiger partial charge in [-0.2, -0.15) is 0 Å². The zero-order chi connectivity index (χ0) is 25.9. The van der Waals surface area contributed by atoms with Gasteiger partial charge in [0.25, 0.3) is 10.0 Å². The van der Waals surface area contributed by atoms with Crippen molar-refractivity contribution in [2.24, 2.45) is 0 Å². The Morgan fingerprint density at radius 2 is 1.69 bits per heavy atom. The third kappa shape index (κ3) is 6.17. The number of aromatic nitrogens is 1. The van der Waals surface area contributed by atoms with Crippen LogP contribution < -0.4 is 10.0 Å². The Bertz CT molecular complexity index is 1490. The Labute approximate surface area is 217 Å². The number of nitrogens with one attached hydrogen (secondary N) is 2. The second kappa shape index (κ2) is 10.6. The molecule has 0 spiro atoms. The molecule has 4 rings (SSSR count). The Morgan fingerprint density at radius 3 is 2.31 bits per heavy atom. The predicted octanol–water partition coefficient (Wildman–Crippen LogP) is 6.22. The fourth-order valence-corrected chi connectivity index (χ4v) is 4.76. The molecule has 8 nitrogen and oxygen atoms in total. The first-order chi connectivity index (χ1) is 17.1. The number of anilines is 2. The van der Waals surface area contributed by atoms with E-state index in [2.05, 4.69) is 15.2 Å². The van der Waals surface area contributed by atoms with Crippen molar-refractivity contribution in [3.63, 3.8) is 0 Å².